The quantitative estimate of drug-likeness (QED) is 0.565. The van der Waals surface area contributed by atoms with E-state index >= 15 is 0 Å². The highest BCUT2D eigenvalue weighted by atomic mass is 35.5. The van der Waals surface area contributed by atoms with Gasteiger partial charge in [0.15, 0.2) is 11.6 Å². The van der Waals surface area contributed by atoms with Crippen LogP contribution in [0.4, 0.5) is 20.2 Å². The van der Waals surface area contributed by atoms with Crippen LogP contribution in [-0.2, 0) is 9.59 Å². The first kappa shape index (κ1) is 19.3. The second kappa shape index (κ2) is 7.42. The number of nitrogens with one attached hydrogen (secondary N) is 1. The summed E-state index contributed by atoms with van der Waals surface area (Å²) in [7, 11) is 0. The standard InChI is InChI=1S/C21H13ClF2N2O2S/c1-11-4-5-12(22)9-16(11)26-20(27)18(17-3-2-8-29-17)19(21(26)28)25-13-6-7-14(23)15(24)10-13/h2-10,25H,1H3. The van der Waals surface area contributed by atoms with Gasteiger partial charge in [-0.3, -0.25) is 9.59 Å². The lowest BCUT2D eigenvalue weighted by Crippen LogP contribution is -2.33. The predicted octanol–water partition coefficient (Wildman–Crippen LogP) is 5.38. The largest absolute Gasteiger partial charge is 0.350 e. The second-order valence-corrected chi connectivity index (χ2v) is 7.74. The van der Waals surface area contributed by atoms with E-state index in [1.165, 1.54) is 17.4 Å². The van der Waals surface area contributed by atoms with Crippen LogP contribution in [0.3, 0.4) is 0 Å². The fourth-order valence-electron chi connectivity index (χ4n) is 3.06. The van der Waals surface area contributed by atoms with Gasteiger partial charge in [0.1, 0.15) is 5.70 Å². The molecule has 1 N–H and O–H groups in total. The lowest BCUT2D eigenvalue weighted by Gasteiger charge is -2.18. The molecule has 4 rings (SSSR count). The van der Waals surface area contributed by atoms with Gasteiger partial charge in [-0.15, -0.1) is 11.3 Å². The van der Waals surface area contributed by atoms with E-state index in [0.29, 0.717) is 21.2 Å². The summed E-state index contributed by atoms with van der Waals surface area (Å²) in [5, 5.41) is 4.96. The summed E-state index contributed by atoms with van der Waals surface area (Å²) >= 11 is 7.36. The van der Waals surface area contributed by atoms with Crippen LogP contribution >= 0.6 is 22.9 Å². The van der Waals surface area contributed by atoms with Crippen LogP contribution in [0.1, 0.15) is 10.4 Å². The lowest BCUT2D eigenvalue weighted by atomic mass is 10.1. The van der Waals surface area contributed by atoms with Crippen LogP contribution in [0.15, 0.2) is 59.6 Å². The first-order valence-electron chi connectivity index (χ1n) is 8.52. The molecule has 1 aliphatic rings. The third-order valence-corrected chi connectivity index (χ3v) is 5.57. The van der Waals surface area contributed by atoms with Crippen LogP contribution in [0, 0.1) is 18.6 Å². The molecule has 0 saturated carbocycles. The third kappa shape index (κ3) is 3.43. The lowest BCUT2D eigenvalue weighted by molar-refractivity contribution is -0.120. The molecule has 4 nitrogen and oxygen atoms in total. The monoisotopic (exact) mass is 430 g/mol. The van der Waals surface area contributed by atoms with E-state index in [4.69, 9.17) is 11.6 Å². The van der Waals surface area contributed by atoms with Gasteiger partial charge in [0, 0.05) is 21.7 Å². The zero-order chi connectivity index (χ0) is 20.7. The van der Waals surface area contributed by atoms with Gasteiger partial charge in [0.2, 0.25) is 0 Å². The van der Waals surface area contributed by atoms with E-state index in [2.05, 4.69) is 5.32 Å². The highest BCUT2D eigenvalue weighted by Crippen LogP contribution is 2.37. The number of nitrogens with zero attached hydrogens (tertiary/aromatic N) is 1. The van der Waals surface area contributed by atoms with Crippen molar-refractivity contribution in [3.05, 3.63) is 86.7 Å². The van der Waals surface area contributed by atoms with Crippen LogP contribution in [0.2, 0.25) is 5.02 Å². The van der Waals surface area contributed by atoms with Crippen molar-refractivity contribution in [2.45, 2.75) is 6.92 Å². The number of carbonyl (C=O) groups is 2. The van der Waals surface area contributed by atoms with Gasteiger partial charge in [-0.05, 0) is 48.2 Å². The number of hydrogen-bond donors (Lipinski definition) is 1. The molecule has 8 heteroatoms. The summed E-state index contributed by atoms with van der Waals surface area (Å²) in [5.74, 6) is -3.19. The molecule has 0 spiro atoms. The van der Waals surface area contributed by atoms with Crippen molar-refractivity contribution in [2.24, 2.45) is 0 Å². The van der Waals surface area contributed by atoms with Crippen LogP contribution in [0.5, 0.6) is 0 Å². The van der Waals surface area contributed by atoms with Crippen molar-refractivity contribution in [1.82, 2.24) is 0 Å². The maximum absolute atomic E-state index is 13.6. The molecule has 0 unspecified atom stereocenters. The summed E-state index contributed by atoms with van der Waals surface area (Å²) in [5.41, 5.74) is 1.36. The molecular weight excluding hydrogens is 418 g/mol. The Morgan fingerprint density at radius 3 is 2.48 bits per heavy atom. The molecule has 3 aromatic rings. The molecule has 2 heterocycles. The van der Waals surface area contributed by atoms with Crippen LogP contribution in [-0.4, -0.2) is 11.8 Å². The molecule has 2 aromatic carbocycles. The zero-order valence-electron chi connectivity index (χ0n) is 15.0. The number of benzene rings is 2. The number of amides is 2. The van der Waals surface area contributed by atoms with Crippen molar-refractivity contribution in [2.75, 3.05) is 10.2 Å². The van der Waals surface area contributed by atoms with Crippen LogP contribution < -0.4 is 10.2 Å². The molecule has 1 aromatic heterocycles. The second-order valence-electron chi connectivity index (χ2n) is 6.36. The number of carbonyl (C=O) groups excluding carboxylic acids is 2. The Morgan fingerprint density at radius 2 is 1.79 bits per heavy atom. The fourth-order valence-corrected chi connectivity index (χ4v) is 3.99. The van der Waals surface area contributed by atoms with Crippen molar-refractivity contribution >= 4 is 51.7 Å². The minimum atomic E-state index is -1.06. The van der Waals surface area contributed by atoms with Gasteiger partial charge < -0.3 is 5.32 Å². The van der Waals surface area contributed by atoms with Crippen molar-refractivity contribution in [1.29, 1.82) is 0 Å². The Kier molecular flexibility index (Phi) is 4.94. The van der Waals surface area contributed by atoms with E-state index in [9.17, 15) is 18.4 Å². The van der Waals surface area contributed by atoms with Gasteiger partial charge in [-0.25, -0.2) is 13.7 Å². The van der Waals surface area contributed by atoms with Crippen molar-refractivity contribution < 1.29 is 18.4 Å². The highest BCUT2D eigenvalue weighted by molar-refractivity contribution is 7.11. The average molecular weight is 431 g/mol. The molecular formula is C21H13ClF2N2O2S. The molecule has 146 valence electrons. The number of aryl methyl sites for hydroxylation is 1. The molecule has 0 aliphatic carbocycles. The zero-order valence-corrected chi connectivity index (χ0v) is 16.6. The molecule has 0 atom stereocenters. The Morgan fingerprint density at radius 1 is 1.00 bits per heavy atom. The SMILES string of the molecule is Cc1ccc(Cl)cc1N1C(=O)C(Nc2ccc(F)c(F)c2)=C(c2cccs2)C1=O. The molecule has 0 fully saturated rings. The van der Waals surface area contributed by atoms with Crippen LogP contribution in [0.25, 0.3) is 5.57 Å². The normalized spacial score (nSPS) is 14.1. The van der Waals surface area contributed by atoms with Gasteiger partial charge >= 0.3 is 0 Å². The number of imide groups is 1. The number of anilines is 2. The van der Waals surface area contributed by atoms with Gasteiger partial charge in [0.05, 0.1) is 11.3 Å². The summed E-state index contributed by atoms with van der Waals surface area (Å²) in [6, 6.07) is 11.6. The average Bonchev–Trinajstić information content (AvgIpc) is 3.28. The summed E-state index contributed by atoms with van der Waals surface area (Å²) in [6.07, 6.45) is 0. The van der Waals surface area contributed by atoms with Gasteiger partial charge in [0.25, 0.3) is 11.8 Å². The maximum atomic E-state index is 13.6. The number of hydrogen-bond acceptors (Lipinski definition) is 4. The van der Waals surface area contributed by atoms with E-state index < -0.39 is 23.4 Å². The molecule has 0 bridgehead atoms. The molecule has 29 heavy (non-hydrogen) atoms. The highest BCUT2D eigenvalue weighted by Gasteiger charge is 2.41. The van der Waals surface area contributed by atoms with E-state index in [1.54, 1.807) is 42.6 Å². The fraction of sp³-hybridized carbons (Fsp3) is 0.0476. The Labute approximate surface area is 174 Å². The predicted molar refractivity (Wildman–Crippen MR) is 110 cm³/mol. The number of thiophene rings is 1. The maximum Gasteiger partial charge on any atom is 0.282 e. The first-order valence-corrected chi connectivity index (χ1v) is 9.77. The molecule has 0 saturated heterocycles. The summed E-state index contributed by atoms with van der Waals surface area (Å²) < 4.78 is 26.9. The Hall–Kier alpha value is -3.03. The van der Waals surface area contributed by atoms with Crippen molar-refractivity contribution in [3.63, 3.8) is 0 Å². The minimum absolute atomic E-state index is 0.0113. The summed E-state index contributed by atoms with van der Waals surface area (Å²) in [4.78, 5) is 28.1. The Balaban J connectivity index is 1.82. The smallest absolute Gasteiger partial charge is 0.282 e. The number of halogens is 3. The van der Waals surface area contributed by atoms with Crippen molar-refractivity contribution in [3.8, 4) is 0 Å². The van der Waals surface area contributed by atoms with Gasteiger partial charge in [-0.1, -0.05) is 23.7 Å². The minimum Gasteiger partial charge on any atom is -0.350 e. The first-order chi connectivity index (χ1) is 13.9. The van der Waals surface area contributed by atoms with E-state index in [0.717, 1.165) is 17.0 Å². The van der Waals surface area contributed by atoms with E-state index in [-0.39, 0.29) is 17.0 Å². The third-order valence-electron chi connectivity index (χ3n) is 4.45. The van der Waals surface area contributed by atoms with E-state index in [1.807, 2.05) is 0 Å². The molecule has 0 radical (unpaired) electrons. The topological polar surface area (TPSA) is 49.4 Å². The van der Waals surface area contributed by atoms with Gasteiger partial charge in [-0.2, -0.15) is 0 Å². The molecule has 2 amide bonds. The number of rotatable bonds is 4. The molecule has 1 aliphatic heterocycles. The Bertz CT molecular complexity index is 1180. The summed E-state index contributed by atoms with van der Waals surface area (Å²) in [6.45, 7) is 1.76.